The molecule has 1 rings (SSSR count). The van der Waals surface area contributed by atoms with Gasteiger partial charge in [-0.2, -0.15) is 0 Å². The summed E-state index contributed by atoms with van der Waals surface area (Å²) in [5.74, 6) is 0.0149. The van der Waals surface area contributed by atoms with Crippen LogP contribution in [0.1, 0.15) is 36.1 Å². The van der Waals surface area contributed by atoms with Crippen LogP contribution in [0.15, 0.2) is 12.1 Å². The molecule has 2 N–H and O–H groups in total. The normalized spacial score (nSPS) is 14.6. The number of carbonyl (C=O) groups is 1. The van der Waals surface area contributed by atoms with Crippen LogP contribution in [0.5, 0.6) is 0 Å². The predicted molar refractivity (Wildman–Crippen MR) is 68.5 cm³/mol. The highest BCUT2D eigenvalue weighted by Crippen LogP contribution is 2.26. The van der Waals surface area contributed by atoms with Gasteiger partial charge in [0.1, 0.15) is 0 Å². The predicted octanol–water partition coefficient (Wildman–Crippen LogP) is 2.31. The lowest BCUT2D eigenvalue weighted by molar-refractivity contribution is -0.133. The lowest BCUT2D eigenvalue weighted by Crippen LogP contribution is -2.42. The molecular formula is C12H20N2OS. The second-order valence-corrected chi connectivity index (χ2v) is 5.41. The number of amides is 1. The highest BCUT2D eigenvalue weighted by atomic mass is 32.1. The average molecular weight is 240 g/mol. The summed E-state index contributed by atoms with van der Waals surface area (Å²) in [5, 5.41) is 0. The van der Waals surface area contributed by atoms with Crippen LogP contribution >= 0.6 is 11.3 Å². The number of nitrogens with zero attached hydrogens (tertiary/aromatic N) is 1. The molecule has 2 unspecified atom stereocenters. The lowest BCUT2D eigenvalue weighted by Gasteiger charge is -2.26. The largest absolute Gasteiger partial charge is 0.337 e. The van der Waals surface area contributed by atoms with Crippen molar-refractivity contribution < 1.29 is 4.79 Å². The smallest absolute Gasteiger partial charge is 0.239 e. The Hall–Kier alpha value is -0.870. The van der Waals surface area contributed by atoms with Crippen molar-refractivity contribution in [1.29, 1.82) is 0 Å². The van der Waals surface area contributed by atoms with E-state index in [1.807, 2.05) is 20.9 Å². The Labute approximate surface area is 101 Å². The summed E-state index contributed by atoms with van der Waals surface area (Å²) in [6.07, 6.45) is 0.680. The minimum absolute atomic E-state index is 0.0149. The van der Waals surface area contributed by atoms with Crippen LogP contribution in [0, 0.1) is 6.92 Å². The first kappa shape index (κ1) is 13.2. The van der Waals surface area contributed by atoms with Crippen molar-refractivity contribution in [3.63, 3.8) is 0 Å². The number of nitrogens with two attached hydrogens (primary N) is 1. The maximum Gasteiger partial charge on any atom is 0.239 e. The Kier molecular flexibility index (Phi) is 4.50. The highest BCUT2D eigenvalue weighted by molar-refractivity contribution is 7.12. The van der Waals surface area contributed by atoms with E-state index in [1.165, 1.54) is 9.75 Å². The van der Waals surface area contributed by atoms with Gasteiger partial charge in [-0.15, -0.1) is 11.3 Å². The van der Waals surface area contributed by atoms with Crippen LogP contribution in [0.2, 0.25) is 0 Å². The molecule has 1 heterocycles. The Morgan fingerprint density at radius 3 is 2.62 bits per heavy atom. The molecular weight excluding hydrogens is 220 g/mol. The van der Waals surface area contributed by atoms with Gasteiger partial charge in [-0.25, -0.2) is 0 Å². The molecule has 0 saturated heterocycles. The maximum atomic E-state index is 11.9. The minimum atomic E-state index is -0.381. The fourth-order valence-corrected chi connectivity index (χ4v) is 2.47. The van der Waals surface area contributed by atoms with E-state index in [0.29, 0.717) is 6.42 Å². The number of hydrogen-bond acceptors (Lipinski definition) is 3. The minimum Gasteiger partial charge on any atom is -0.337 e. The van der Waals surface area contributed by atoms with Gasteiger partial charge in [0.25, 0.3) is 0 Å². The van der Waals surface area contributed by atoms with Gasteiger partial charge in [-0.1, -0.05) is 6.92 Å². The van der Waals surface area contributed by atoms with E-state index >= 15 is 0 Å². The fourth-order valence-electron chi connectivity index (χ4n) is 1.50. The first-order chi connectivity index (χ1) is 7.47. The van der Waals surface area contributed by atoms with Crippen LogP contribution in [-0.2, 0) is 4.79 Å². The van der Waals surface area contributed by atoms with Gasteiger partial charge in [0.15, 0.2) is 0 Å². The zero-order valence-corrected chi connectivity index (χ0v) is 11.2. The lowest BCUT2D eigenvalue weighted by atomic mass is 10.1. The molecule has 0 radical (unpaired) electrons. The van der Waals surface area contributed by atoms with Gasteiger partial charge in [0.2, 0.25) is 5.91 Å². The molecule has 0 aliphatic heterocycles. The number of rotatable bonds is 4. The first-order valence-electron chi connectivity index (χ1n) is 5.56. The number of likely N-dealkylation sites (N-methyl/N-ethyl adjacent to an activating group) is 1. The summed E-state index contributed by atoms with van der Waals surface area (Å²) < 4.78 is 0. The maximum absolute atomic E-state index is 11.9. The van der Waals surface area contributed by atoms with Crippen LogP contribution < -0.4 is 5.73 Å². The standard InChI is InChI=1S/C12H20N2OS/c1-5-10(13)12(15)14(4)9(3)11-7-6-8(2)16-11/h6-7,9-10H,5,13H2,1-4H3. The summed E-state index contributed by atoms with van der Waals surface area (Å²) in [4.78, 5) is 16.1. The van der Waals surface area contributed by atoms with E-state index in [1.54, 1.807) is 16.2 Å². The summed E-state index contributed by atoms with van der Waals surface area (Å²) >= 11 is 1.73. The van der Waals surface area contributed by atoms with Gasteiger partial charge in [0.05, 0.1) is 12.1 Å². The Balaban J connectivity index is 2.74. The van der Waals surface area contributed by atoms with Gasteiger partial charge in [-0.05, 0) is 32.4 Å². The quantitative estimate of drug-likeness (QED) is 0.878. The van der Waals surface area contributed by atoms with Crippen molar-refractivity contribution in [3.8, 4) is 0 Å². The highest BCUT2D eigenvalue weighted by Gasteiger charge is 2.22. The molecule has 1 aromatic rings. The molecule has 0 fully saturated rings. The van der Waals surface area contributed by atoms with Crippen LogP contribution in [0.3, 0.4) is 0 Å². The monoisotopic (exact) mass is 240 g/mol. The third-order valence-corrected chi connectivity index (χ3v) is 4.03. The van der Waals surface area contributed by atoms with E-state index in [9.17, 15) is 4.79 Å². The van der Waals surface area contributed by atoms with E-state index in [0.717, 1.165) is 0 Å². The van der Waals surface area contributed by atoms with Gasteiger partial charge < -0.3 is 10.6 Å². The number of thiophene rings is 1. The summed E-state index contributed by atoms with van der Waals surface area (Å²) in [5.41, 5.74) is 5.75. The molecule has 1 aromatic heterocycles. The molecule has 0 aromatic carbocycles. The van der Waals surface area contributed by atoms with Crippen LogP contribution in [0.4, 0.5) is 0 Å². The van der Waals surface area contributed by atoms with Gasteiger partial charge in [-0.3, -0.25) is 4.79 Å². The zero-order chi connectivity index (χ0) is 12.3. The van der Waals surface area contributed by atoms with Gasteiger partial charge >= 0.3 is 0 Å². The molecule has 0 aliphatic carbocycles. The van der Waals surface area contributed by atoms with Crippen LogP contribution in [-0.4, -0.2) is 23.9 Å². The second-order valence-electron chi connectivity index (χ2n) is 4.09. The summed E-state index contributed by atoms with van der Waals surface area (Å²) in [6, 6.07) is 3.87. The van der Waals surface area contributed by atoms with Crippen molar-refractivity contribution in [2.75, 3.05) is 7.05 Å². The molecule has 0 bridgehead atoms. The Bertz CT molecular complexity index is 362. The summed E-state index contributed by atoms with van der Waals surface area (Å²) in [6.45, 7) is 6.03. The molecule has 0 saturated carbocycles. The molecule has 90 valence electrons. The average Bonchev–Trinajstić information content (AvgIpc) is 2.71. The molecule has 16 heavy (non-hydrogen) atoms. The topological polar surface area (TPSA) is 46.3 Å². The zero-order valence-electron chi connectivity index (χ0n) is 10.4. The molecule has 0 aliphatic rings. The van der Waals surface area contributed by atoms with Crippen molar-refractivity contribution in [2.45, 2.75) is 39.3 Å². The molecule has 4 heteroatoms. The van der Waals surface area contributed by atoms with Crippen LogP contribution in [0.25, 0.3) is 0 Å². The Morgan fingerprint density at radius 1 is 1.56 bits per heavy atom. The SMILES string of the molecule is CCC(N)C(=O)N(C)C(C)c1ccc(C)s1. The third kappa shape index (κ3) is 2.83. The van der Waals surface area contributed by atoms with Crippen molar-refractivity contribution in [2.24, 2.45) is 5.73 Å². The van der Waals surface area contributed by atoms with Gasteiger partial charge in [0, 0.05) is 16.8 Å². The number of aryl methyl sites for hydroxylation is 1. The Morgan fingerprint density at radius 2 is 2.19 bits per heavy atom. The number of carbonyl (C=O) groups excluding carboxylic acids is 1. The summed E-state index contributed by atoms with van der Waals surface area (Å²) in [7, 11) is 1.82. The van der Waals surface area contributed by atoms with E-state index < -0.39 is 0 Å². The molecule has 3 nitrogen and oxygen atoms in total. The van der Waals surface area contributed by atoms with E-state index in [4.69, 9.17) is 5.73 Å². The van der Waals surface area contributed by atoms with Crippen molar-refractivity contribution in [3.05, 3.63) is 21.9 Å². The first-order valence-corrected chi connectivity index (χ1v) is 6.37. The fraction of sp³-hybridized carbons (Fsp3) is 0.583. The molecule has 0 spiro atoms. The third-order valence-electron chi connectivity index (χ3n) is 2.86. The van der Waals surface area contributed by atoms with Crippen molar-refractivity contribution >= 4 is 17.2 Å². The van der Waals surface area contributed by atoms with E-state index in [-0.39, 0.29) is 18.0 Å². The number of hydrogen-bond donors (Lipinski definition) is 1. The van der Waals surface area contributed by atoms with Crippen molar-refractivity contribution in [1.82, 2.24) is 4.90 Å². The second kappa shape index (κ2) is 5.46. The van der Waals surface area contributed by atoms with E-state index in [2.05, 4.69) is 19.1 Å². The molecule has 2 atom stereocenters. The molecule has 1 amide bonds.